The van der Waals surface area contributed by atoms with Crippen LogP contribution in [0.5, 0.6) is 0 Å². The van der Waals surface area contributed by atoms with Crippen LogP contribution in [0.4, 0.5) is 0 Å². The predicted octanol–water partition coefficient (Wildman–Crippen LogP) is 1.73. The Balaban J connectivity index is 2.22. The van der Waals surface area contributed by atoms with E-state index in [2.05, 4.69) is 24.4 Å². The number of hydrazine groups is 1. The number of hydrogen-bond acceptors (Lipinski definition) is 4. The van der Waals surface area contributed by atoms with Gasteiger partial charge in [-0.25, -0.2) is 0 Å². The number of halogens is 1. The fraction of sp³-hybridized carbons (Fsp3) is 0.750. The molecule has 0 radical (unpaired) electrons. The number of ether oxygens (including phenoxy) is 1. The molecule has 102 valence electrons. The van der Waals surface area contributed by atoms with Gasteiger partial charge in [-0.1, -0.05) is 25.4 Å². The molecular formula is C12H21ClN4O. The first-order chi connectivity index (χ1) is 8.51. The molecule has 18 heavy (non-hydrogen) atoms. The maximum atomic E-state index is 6.24. The molecule has 5 nitrogen and oxygen atoms in total. The largest absolute Gasteiger partial charge is 0.383 e. The SMILES string of the molecule is COCCn1ncc(Cl)c1C(NN)C1CC1(C)C. The zero-order chi connectivity index (χ0) is 13.3. The number of nitrogens with two attached hydrogens (primary N) is 1. The molecule has 1 saturated carbocycles. The van der Waals surface area contributed by atoms with Crippen LogP contribution in [0.25, 0.3) is 0 Å². The standard InChI is InChI=1S/C12H21ClN4O/c1-12(2)6-8(12)10(16-14)11-9(13)7-15-17(11)4-5-18-3/h7-8,10,16H,4-6,14H2,1-3H3. The first-order valence-corrected chi connectivity index (χ1v) is 6.55. The smallest absolute Gasteiger partial charge is 0.0834 e. The highest BCUT2D eigenvalue weighted by Gasteiger charge is 2.51. The summed E-state index contributed by atoms with van der Waals surface area (Å²) in [5.74, 6) is 6.21. The molecule has 1 aromatic rings. The molecule has 2 unspecified atom stereocenters. The number of nitrogens with one attached hydrogen (secondary N) is 1. The van der Waals surface area contributed by atoms with Crippen molar-refractivity contribution < 1.29 is 4.74 Å². The van der Waals surface area contributed by atoms with Crippen LogP contribution >= 0.6 is 11.6 Å². The molecule has 0 aliphatic heterocycles. The number of hydrogen-bond donors (Lipinski definition) is 2. The quantitative estimate of drug-likeness (QED) is 0.611. The Morgan fingerprint density at radius 2 is 2.39 bits per heavy atom. The van der Waals surface area contributed by atoms with E-state index < -0.39 is 0 Å². The van der Waals surface area contributed by atoms with Crippen LogP contribution in [0.1, 0.15) is 32.0 Å². The van der Waals surface area contributed by atoms with Gasteiger partial charge in [0, 0.05) is 7.11 Å². The van der Waals surface area contributed by atoms with E-state index in [1.807, 2.05) is 4.68 Å². The van der Waals surface area contributed by atoms with E-state index >= 15 is 0 Å². The lowest BCUT2D eigenvalue weighted by Crippen LogP contribution is -2.33. The minimum Gasteiger partial charge on any atom is -0.383 e. The highest BCUT2D eigenvalue weighted by atomic mass is 35.5. The third-order valence-electron chi connectivity index (χ3n) is 3.81. The van der Waals surface area contributed by atoms with Crippen molar-refractivity contribution in [1.82, 2.24) is 15.2 Å². The lowest BCUT2D eigenvalue weighted by molar-refractivity contribution is 0.181. The Labute approximate surface area is 113 Å². The summed E-state index contributed by atoms with van der Waals surface area (Å²) in [6.45, 7) is 5.78. The summed E-state index contributed by atoms with van der Waals surface area (Å²) in [6.07, 6.45) is 2.82. The predicted molar refractivity (Wildman–Crippen MR) is 71.1 cm³/mol. The summed E-state index contributed by atoms with van der Waals surface area (Å²) in [5.41, 5.74) is 4.17. The van der Waals surface area contributed by atoms with Crippen LogP contribution in [-0.4, -0.2) is 23.5 Å². The Kier molecular flexibility index (Phi) is 3.96. The van der Waals surface area contributed by atoms with Crippen molar-refractivity contribution in [3.8, 4) is 0 Å². The van der Waals surface area contributed by atoms with Gasteiger partial charge in [0.05, 0.1) is 36.1 Å². The van der Waals surface area contributed by atoms with Crippen molar-refractivity contribution in [2.24, 2.45) is 17.2 Å². The van der Waals surface area contributed by atoms with Gasteiger partial charge in [0.25, 0.3) is 0 Å². The molecule has 1 aliphatic carbocycles. The molecule has 1 aliphatic rings. The number of methoxy groups -OCH3 is 1. The zero-order valence-corrected chi connectivity index (χ0v) is 11.9. The lowest BCUT2D eigenvalue weighted by atomic mass is 10.0. The van der Waals surface area contributed by atoms with Gasteiger partial charge in [-0.2, -0.15) is 5.10 Å². The first-order valence-electron chi connectivity index (χ1n) is 6.17. The fourth-order valence-electron chi connectivity index (χ4n) is 2.50. The van der Waals surface area contributed by atoms with Crippen LogP contribution in [0, 0.1) is 11.3 Å². The van der Waals surface area contributed by atoms with E-state index in [9.17, 15) is 0 Å². The third kappa shape index (κ3) is 2.54. The maximum absolute atomic E-state index is 6.24. The van der Waals surface area contributed by atoms with E-state index in [1.54, 1.807) is 13.3 Å². The molecule has 0 spiro atoms. The molecular weight excluding hydrogens is 252 g/mol. The zero-order valence-electron chi connectivity index (χ0n) is 11.1. The minimum absolute atomic E-state index is 0.0480. The molecule has 0 bridgehead atoms. The molecule has 2 atom stereocenters. The van der Waals surface area contributed by atoms with Gasteiger partial charge in [0.2, 0.25) is 0 Å². The Morgan fingerprint density at radius 3 is 2.89 bits per heavy atom. The fourth-order valence-corrected chi connectivity index (χ4v) is 2.76. The summed E-state index contributed by atoms with van der Waals surface area (Å²) in [5, 5.41) is 4.95. The molecule has 0 amide bonds. The van der Waals surface area contributed by atoms with E-state index in [0.717, 1.165) is 12.1 Å². The van der Waals surface area contributed by atoms with Crippen molar-refractivity contribution in [2.75, 3.05) is 13.7 Å². The second-order valence-corrected chi connectivity index (χ2v) is 5.94. The topological polar surface area (TPSA) is 65.1 Å². The van der Waals surface area contributed by atoms with Crippen LogP contribution in [-0.2, 0) is 11.3 Å². The summed E-state index contributed by atoms with van der Waals surface area (Å²) in [6, 6.07) is 0.0480. The normalized spacial score (nSPS) is 23.1. The van der Waals surface area contributed by atoms with Crippen molar-refractivity contribution in [2.45, 2.75) is 32.9 Å². The molecule has 1 aromatic heterocycles. The Morgan fingerprint density at radius 1 is 1.72 bits per heavy atom. The molecule has 2 rings (SSSR count). The van der Waals surface area contributed by atoms with Crippen LogP contribution in [0.2, 0.25) is 5.02 Å². The summed E-state index contributed by atoms with van der Waals surface area (Å²) >= 11 is 6.24. The van der Waals surface area contributed by atoms with Crippen LogP contribution < -0.4 is 11.3 Å². The van der Waals surface area contributed by atoms with Gasteiger partial charge in [0.1, 0.15) is 0 Å². The van der Waals surface area contributed by atoms with E-state index in [4.69, 9.17) is 22.2 Å². The lowest BCUT2D eigenvalue weighted by Gasteiger charge is -2.20. The van der Waals surface area contributed by atoms with Gasteiger partial charge in [-0.15, -0.1) is 0 Å². The van der Waals surface area contributed by atoms with Gasteiger partial charge in [0.15, 0.2) is 0 Å². The molecule has 6 heteroatoms. The van der Waals surface area contributed by atoms with E-state index in [0.29, 0.717) is 29.5 Å². The van der Waals surface area contributed by atoms with Crippen molar-refractivity contribution in [3.63, 3.8) is 0 Å². The number of aromatic nitrogens is 2. The van der Waals surface area contributed by atoms with Crippen LogP contribution in [0.15, 0.2) is 6.20 Å². The number of nitrogens with zero attached hydrogens (tertiary/aromatic N) is 2. The minimum atomic E-state index is 0.0480. The van der Waals surface area contributed by atoms with Gasteiger partial charge in [-0.05, 0) is 17.8 Å². The molecule has 0 saturated heterocycles. The summed E-state index contributed by atoms with van der Waals surface area (Å²) in [7, 11) is 1.67. The Bertz CT molecular complexity index is 418. The second-order valence-electron chi connectivity index (χ2n) is 5.54. The van der Waals surface area contributed by atoms with Crippen LogP contribution in [0.3, 0.4) is 0 Å². The van der Waals surface area contributed by atoms with Crippen molar-refractivity contribution in [3.05, 3.63) is 16.9 Å². The first kappa shape index (κ1) is 13.8. The van der Waals surface area contributed by atoms with Gasteiger partial charge in [-0.3, -0.25) is 16.0 Å². The third-order valence-corrected chi connectivity index (χ3v) is 4.10. The average molecular weight is 273 g/mol. The monoisotopic (exact) mass is 272 g/mol. The van der Waals surface area contributed by atoms with Gasteiger partial charge < -0.3 is 4.74 Å². The molecule has 0 aromatic carbocycles. The van der Waals surface area contributed by atoms with Gasteiger partial charge >= 0.3 is 0 Å². The maximum Gasteiger partial charge on any atom is 0.0834 e. The highest BCUT2D eigenvalue weighted by Crippen LogP contribution is 2.58. The Hall–Kier alpha value is -0.620. The van der Waals surface area contributed by atoms with E-state index in [1.165, 1.54) is 0 Å². The average Bonchev–Trinajstić information content (AvgIpc) is 2.79. The van der Waals surface area contributed by atoms with Crippen molar-refractivity contribution >= 4 is 11.6 Å². The second kappa shape index (κ2) is 5.17. The number of rotatable bonds is 6. The van der Waals surface area contributed by atoms with Crippen molar-refractivity contribution in [1.29, 1.82) is 0 Å². The molecule has 1 heterocycles. The summed E-state index contributed by atoms with van der Waals surface area (Å²) in [4.78, 5) is 0. The molecule has 3 N–H and O–H groups in total. The summed E-state index contributed by atoms with van der Waals surface area (Å²) < 4.78 is 6.96. The van der Waals surface area contributed by atoms with E-state index in [-0.39, 0.29) is 6.04 Å². The highest BCUT2D eigenvalue weighted by molar-refractivity contribution is 6.31. The molecule has 1 fully saturated rings.